The predicted octanol–water partition coefficient (Wildman–Crippen LogP) is 3.10. The van der Waals surface area contributed by atoms with Crippen molar-refractivity contribution >= 4 is 29.3 Å². The molecule has 1 N–H and O–H groups in total. The molecule has 0 bridgehead atoms. The molecule has 130 valence electrons. The van der Waals surface area contributed by atoms with Crippen LogP contribution in [0.25, 0.3) is 0 Å². The number of benzene rings is 1. The molecular weight excluding hydrogens is 350 g/mol. The van der Waals surface area contributed by atoms with Crippen LogP contribution in [0.3, 0.4) is 0 Å². The second kappa shape index (κ2) is 7.05. The molecule has 0 fully saturated rings. The van der Waals surface area contributed by atoms with Crippen LogP contribution in [-0.4, -0.2) is 23.3 Å². The summed E-state index contributed by atoms with van der Waals surface area (Å²) in [5, 5.41) is 3.47. The van der Waals surface area contributed by atoms with Crippen LogP contribution in [0.1, 0.15) is 16.1 Å². The van der Waals surface area contributed by atoms with Crippen molar-refractivity contribution in [3.63, 3.8) is 0 Å². The van der Waals surface area contributed by atoms with E-state index in [0.717, 1.165) is 4.90 Å². The van der Waals surface area contributed by atoms with E-state index in [0.29, 0.717) is 22.0 Å². The smallest absolute Gasteiger partial charge is 0.259 e. The topological polar surface area (TPSA) is 75.4 Å². The van der Waals surface area contributed by atoms with E-state index in [2.05, 4.69) is 10.3 Å². The van der Waals surface area contributed by atoms with E-state index in [-0.39, 0.29) is 24.9 Å². The Bertz CT molecular complexity index is 956. The predicted molar refractivity (Wildman–Crippen MR) is 97.0 cm³/mol. The van der Waals surface area contributed by atoms with Crippen LogP contribution in [0.2, 0.25) is 0 Å². The molecule has 3 aromatic rings. The normalized spacial score (nSPS) is 12.9. The summed E-state index contributed by atoms with van der Waals surface area (Å²) in [7, 11) is 0. The van der Waals surface area contributed by atoms with Crippen LogP contribution in [-0.2, 0) is 11.3 Å². The van der Waals surface area contributed by atoms with Gasteiger partial charge in [-0.05, 0) is 36.4 Å². The van der Waals surface area contributed by atoms with E-state index in [1.807, 2.05) is 18.2 Å². The fraction of sp³-hybridized carbons (Fsp3) is 0.105. The zero-order valence-electron chi connectivity index (χ0n) is 13.7. The Morgan fingerprint density at radius 2 is 2.04 bits per heavy atom. The highest BCUT2D eigenvalue weighted by molar-refractivity contribution is 7.99. The molecule has 7 heteroatoms. The first-order valence-corrected chi connectivity index (χ1v) is 8.87. The molecule has 0 spiro atoms. The molecule has 0 unspecified atom stereocenters. The fourth-order valence-electron chi connectivity index (χ4n) is 2.71. The van der Waals surface area contributed by atoms with Crippen LogP contribution >= 0.6 is 11.8 Å². The third-order valence-corrected chi connectivity index (χ3v) is 5.04. The van der Waals surface area contributed by atoms with Crippen LogP contribution in [0.4, 0.5) is 5.69 Å². The lowest BCUT2D eigenvalue weighted by Crippen LogP contribution is -2.40. The maximum atomic E-state index is 13.1. The number of rotatable bonds is 4. The fourth-order valence-corrected chi connectivity index (χ4v) is 3.73. The van der Waals surface area contributed by atoms with Crippen molar-refractivity contribution in [2.75, 3.05) is 11.4 Å². The average Bonchev–Trinajstić information content (AvgIpc) is 3.15. The van der Waals surface area contributed by atoms with Crippen molar-refractivity contribution in [3.8, 4) is 0 Å². The van der Waals surface area contributed by atoms with Crippen molar-refractivity contribution in [1.82, 2.24) is 10.3 Å². The van der Waals surface area contributed by atoms with Gasteiger partial charge in [0.25, 0.3) is 5.91 Å². The number of furan rings is 1. The van der Waals surface area contributed by atoms with Crippen LogP contribution < -0.4 is 10.2 Å². The number of carbonyl (C=O) groups is 2. The van der Waals surface area contributed by atoms with Gasteiger partial charge in [0, 0.05) is 11.1 Å². The number of anilines is 1. The lowest BCUT2D eigenvalue weighted by molar-refractivity contribution is -0.120. The number of nitrogens with zero attached hydrogens (tertiary/aromatic N) is 2. The minimum Gasteiger partial charge on any atom is -0.467 e. The number of carbonyl (C=O) groups excluding carboxylic acids is 2. The van der Waals surface area contributed by atoms with E-state index in [1.165, 1.54) is 16.7 Å². The van der Waals surface area contributed by atoms with Crippen LogP contribution in [0, 0.1) is 0 Å². The van der Waals surface area contributed by atoms with E-state index < -0.39 is 0 Å². The highest BCUT2D eigenvalue weighted by Gasteiger charge is 2.29. The van der Waals surface area contributed by atoms with E-state index in [9.17, 15) is 9.59 Å². The van der Waals surface area contributed by atoms with Crippen LogP contribution in [0.5, 0.6) is 0 Å². The minimum absolute atomic E-state index is 0.0901. The van der Waals surface area contributed by atoms with E-state index >= 15 is 0 Å². The molecule has 1 aliphatic rings. The van der Waals surface area contributed by atoms with E-state index in [4.69, 9.17) is 4.42 Å². The van der Waals surface area contributed by atoms with Gasteiger partial charge in [-0.15, -0.1) is 0 Å². The van der Waals surface area contributed by atoms with E-state index in [1.54, 1.807) is 42.8 Å². The molecule has 0 saturated heterocycles. The summed E-state index contributed by atoms with van der Waals surface area (Å²) in [6, 6.07) is 14.5. The highest BCUT2D eigenvalue weighted by Crippen LogP contribution is 2.39. The van der Waals surface area contributed by atoms with Crippen molar-refractivity contribution in [2.45, 2.75) is 16.5 Å². The molecule has 3 heterocycles. The average molecular weight is 365 g/mol. The number of hydrogen-bond acceptors (Lipinski definition) is 5. The van der Waals surface area contributed by atoms with Crippen molar-refractivity contribution < 1.29 is 14.0 Å². The molecule has 0 aliphatic carbocycles. The summed E-state index contributed by atoms with van der Waals surface area (Å²) in [6.07, 6.45) is 3.23. The molecule has 1 aromatic carbocycles. The zero-order valence-corrected chi connectivity index (χ0v) is 14.5. The quantitative estimate of drug-likeness (QED) is 0.769. The Labute approximate surface area is 154 Å². The van der Waals surface area contributed by atoms with Gasteiger partial charge in [0.2, 0.25) is 5.91 Å². The van der Waals surface area contributed by atoms with Gasteiger partial charge in [0.15, 0.2) is 0 Å². The Morgan fingerprint density at radius 1 is 1.15 bits per heavy atom. The Balaban J connectivity index is 1.61. The first-order chi connectivity index (χ1) is 12.7. The molecule has 6 nitrogen and oxygen atoms in total. The van der Waals surface area contributed by atoms with Gasteiger partial charge in [0.1, 0.15) is 17.3 Å². The maximum absolute atomic E-state index is 13.1. The van der Waals surface area contributed by atoms with Gasteiger partial charge in [-0.2, -0.15) is 0 Å². The number of aromatic nitrogens is 1. The number of nitrogens with one attached hydrogen (secondary N) is 1. The van der Waals surface area contributed by atoms with Gasteiger partial charge in [-0.25, -0.2) is 4.98 Å². The van der Waals surface area contributed by atoms with Gasteiger partial charge in [-0.3, -0.25) is 14.5 Å². The molecule has 0 atom stereocenters. The standard InChI is InChI=1S/C19H15N3O3S/c23-17(21-11-13-5-4-10-25-13)12-22-15-7-3-9-20-18(15)26-16-8-2-1-6-14(16)19(22)24/h1-10H,11-12H2,(H,21,23). The SMILES string of the molecule is O=C(CN1C(=O)c2ccccc2Sc2ncccc21)NCc1ccco1. The molecule has 1 aliphatic heterocycles. The Morgan fingerprint density at radius 3 is 2.88 bits per heavy atom. The lowest BCUT2D eigenvalue weighted by Gasteiger charge is -2.21. The summed E-state index contributed by atoms with van der Waals surface area (Å²) < 4.78 is 5.21. The Hall–Kier alpha value is -3.06. The van der Waals surface area contributed by atoms with Gasteiger partial charge >= 0.3 is 0 Å². The molecule has 2 aromatic heterocycles. The summed E-state index contributed by atoms with van der Waals surface area (Å²) in [4.78, 5) is 32.1. The molecule has 4 rings (SSSR count). The molecule has 0 saturated carbocycles. The summed E-state index contributed by atoms with van der Waals surface area (Å²) in [5.74, 6) is 0.172. The van der Waals surface area contributed by atoms with Gasteiger partial charge < -0.3 is 9.73 Å². The van der Waals surface area contributed by atoms with Crippen molar-refractivity contribution in [3.05, 3.63) is 72.3 Å². The van der Waals surface area contributed by atoms with Crippen molar-refractivity contribution in [1.29, 1.82) is 0 Å². The Kier molecular flexibility index (Phi) is 4.45. The van der Waals surface area contributed by atoms with Gasteiger partial charge in [-0.1, -0.05) is 23.9 Å². The molecule has 2 amide bonds. The minimum atomic E-state index is -0.270. The summed E-state index contributed by atoms with van der Waals surface area (Å²) in [5.41, 5.74) is 1.20. The summed E-state index contributed by atoms with van der Waals surface area (Å²) in [6.45, 7) is 0.187. The highest BCUT2D eigenvalue weighted by atomic mass is 32.2. The largest absolute Gasteiger partial charge is 0.467 e. The summed E-state index contributed by atoms with van der Waals surface area (Å²) >= 11 is 1.43. The first kappa shape index (κ1) is 16.4. The lowest BCUT2D eigenvalue weighted by atomic mass is 10.2. The number of pyridine rings is 1. The van der Waals surface area contributed by atoms with Crippen molar-refractivity contribution in [2.24, 2.45) is 0 Å². The molecular formula is C19H15N3O3S. The third kappa shape index (κ3) is 3.21. The zero-order chi connectivity index (χ0) is 17.9. The number of hydrogen-bond donors (Lipinski definition) is 1. The number of amides is 2. The molecule has 26 heavy (non-hydrogen) atoms. The van der Waals surface area contributed by atoms with Crippen LogP contribution in [0.15, 0.2) is 75.3 Å². The first-order valence-electron chi connectivity index (χ1n) is 8.05. The monoisotopic (exact) mass is 365 g/mol. The molecule has 0 radical (unpaired) electrons. The second-order valence-electron chi connectivity index (χ2n) is 5.67. The third-order valence-electron chi connectivity index (χ3n) is 3.95. The number of fused-ring (bicyclic) bond motifs is 2. The maximum Gasteiger partial charge on any atom is 0.259 e. The van der Waals surface area contributed by atoms with Gasteiger partial charge in [0.05, 0.1) is 24.1 Å². The second-order valence-corrected chi connectivity index (χ2v) is 6.70.